The molecule has 31 heavy (non-hydrogen) atoms. The van der Waals surface area contributed by atoms with Gasteiger partial charge in [-0.2, -0.15) is 0 Å². The van der Waals surface area contributed by atoms with E-state index in [-0.39, 0.29) is 18.0 Å². The van der Waals surface area contributed by atoms with Crippen LogP contribution in [0.15, 0.2) is 59.4 Å². The number of rotatable bonds is 4. The minimum atomic E-state index is -0.237. The number of hydrogen-bond donors (Lipinski definition) is 1. The molecule has 156 valence electrons. The van der Waals surface area contributed by atoms with Crippen LogP contribution in [0.4, 0.5) is 5.69 Å². The van der Waals surface area contributed by atoms with Gasteiger partial charge in [-0.3, -0.25) is 14.2 Å². The largest absolute Gasteiger partial charge is 0.324 e. The van der Waals surface area contributed by atoms with Gasteiger partial charge in [0, 0.05) is 16.1 Å². The highest BCUT2D eigenvalue weighted by Crippen LogP contribution is 2.34. The Bertz CT molecular complexity index is 1340. The third kappa shape index (κ3) is 3.68. The minimum Gasteiger partial charge on any atom is -0.324 e. The Morgan fingerprint density at radius 2 is 1.81 bits per heavy atom. The molecule has 2 heterocycles. The summed E-state index contributed by atoms with van der Waals surface area (Å²) in [7, 11) is 0. The first-order valence-corrected chi connectivity index (χ1v) is 11.4. The number of carbonyl (C=O) groups is 1. The number of carbonyl (C=O) groups excluding carboxylic acids is 1. The van der Waals surface area contributed by atoms with Crippen molar-refractivity contribution >= 4 is 33.1 Å². The summed E-state index contributed by atoms with van der Waals surface area (Å²) in [6.07, 6.45) is 4.15. The predicted octanol–water partition coefficient (Wildman–Crippen LogP) is 4.95. The van der Waals surface area contributed by atoms with Gasteiger partial charge in [0.15, 0.2) is 0 Å². The number of benzene rings is 2. The molecule has 1 N–H and O–H groups in total. The lowest BCUT2D eigenvalue weighted by Crippen LogP contribution is -2.30. The average Bonchev–Trinajstić information content (AvgIpc) is 3.16. The number of thiophene rings is 1. The van der Waals surface area contributed by atoms with Gasteiger partial charge in [-0.25, -0.2) is 4.98 Å². The quantitative estimate of drug-likeness (QED) is 0.499. The molecule has 4 aromatic rings. The lowest BCUT2D eigenvalue weighted by atomic mass is 9.97. The van der Waals surface area contributed by atoms with Crippen molar-refractivity contribution < 1.29 is 4.79 Å². The molecule has 5 rings (SSSR count). The van der Waals surface area contributed by atoms with Gasteiger partial charge < -0.3 is 5.32 Å². The van der Waals surface area contributed by atoms with Crippen LogP contribution >= 0.6 is 11.3 Å². The number of nitrogens with one attached hydrogen (secondary N) is 1. The summed E-state index contributed by atoms with van der Waals surface area (Å²) in [4.78, 5) is 33.5. The second-order valence-corrected chi connectivity index (χ2v) is 9.03. The van der Waals surface area contributed by atoms with Gasteiger partial charge in [0.25, 0.3) is 5.56 Å². The molecule has 0 unspecified atom stereocenters. The van der Waals surface area contributed by atoms with Crippen molar-refractivity contribution in [2.75, 3.05) is 5.32 Å². The van der Waals surface area contributed by atoms with Gasteiger partial charge in [-0.05, 0) is 49.8 Å². The molecule has 1 aliphatic rings. The Balaban J connectivity index is 1.62. The van der Waals surface area contributed by atoms with Crippen molar-refractivity contribution in [1.29, 1.82) is 0 Å². The molecular formula is C25H23N3O2S. The summed E-state index contributed by atoms with van der Waals surface area (Å²) in [5.74, 6) is 0.301. The third-order valence-electron chi connectivity index (χ3n) is 5.83. The highest BCUT2D eigenvalue weighted by atomic mass is 32.1. The van der Waals surface area contributed by atoms with E-state index in [1.165, 1.54) is 9.44 Å². The van der Waals surface area contributed by atoms with Crippen LogP contribution in [0.3, 0.4) is 0 Å². The maximum absolute atomic E-state index is 13.7. The summed E-state index contributed by atoms with van der Waals surface area (Å²) in [5, 5.41) is 3.64. The van der Waals surface area contributed by atoms with E-state index in [0.29, 0.717) is 11.2 Å². The van der Waals surface area contributed by atoms with Gasteiger partial charge in [-0.1, -0.05) is 48.5 Å². The maximum atomic E-state index is 13.7. The summed E-state index contributed by atoms with van der Waals surface area (Å²) < 4.78 is 1.53. The Labute approximate surface area is 184 Å². The monoisotopic (exact) mass is 429 g/mol. The van der Waals surface area contributed by atoms with E-state index >= 15 is 0 Å². The highest BCUT2D eigenvalue weighted by molar-refractivity contribution is 7.18. The fourth-order valence-electron chi connectivity index (χ4n) is 4.24. The summed E-state index contributed by atoms with van der Waals surface area (Å²) in [5.41, 5.74) is 3.58. The van der Waals surface area contributed by atoms with E-state index in [1.807, 2.05) is 61.5 Å². The second-order valence-electron chi connectivity index (χ2n) is 7.95. The van der Waals surface area contributed by atoms with Gasteiger partial charge in [0.1, 0.15) is 17.2 Å². The van der Waals surface area contributed by atoms with E-state index in [1.54, 1.807) is 11.3 Å². The van der Waals surface area contributed by atoms with Crippen molar-refractivity contribution in [3.05, 3.63) is 81.0 Å². The first-order chi connectivity index (χ1) is 15.1. The molecule has 1 amide bonds. The van der Waals surface area contributed by atoms with Crippen LogP contribution in [0, 0.1) is 6.92 Å². The molecule has 0 aliphatic heterocycles. The highest BCUT2D eigenvalue weighted by Gasteiger charge is 2.23. The van der Waals surface area contributed by atoms with Crippen LogP contribution in [-0.2, 0) is 24.2 Å². The van der Waals surface area contributed by atoms with Crippen LogP contribution < -0.4 is 10.9 Å². The smallest absolute Gasteiger partial charge is 0.263 e. The molecule has 0 saturated heterocycles. The number of amides is 1. The number of nitrogens with zero attached hydrogens (tertiary/aromatic N) is 2. The van der Waals surface area contributed by atoms with Crippen molar-refractivity contribution in [2.24, 2.45) is 0 Å². The molecule has 5 nitrogen and oxygen atoms in total. The summed E-state index contributed by atoms with van der Waals surface area (Å²) in [6.45, 7) is 1.87. The molecule has 1 aliphatic carbocycles. The van der Waals surface area contributed by atoms with Crippen molar-refractivity contribution in [3.63, 3.8) is 0 Å². The molecular weight excluding hydrogens is 406 g/mol. The average molecular weight is 430 g/mol. The van der Waals surface area contributed by atoms with Crippen LogP contribution in [0.1, 0.15) is 28.8 Å². The summed E-state index contributed by atoms with van der Waals surface area (Å²) in [6, 6.07) is 17.3. The Morgan fingerprint density at radius 3 is 2.61 bits per heavy atom. The zero-order chi connectivity index (χ0) is 21.4. The van der Waals surface area contributed by atoms with E-state index in [2.05, 4.69) is 5.32 Å². The predicted molar refractivity (Wildman–Crippen MR) is 126 cm³/mol. The topological polar surface area (TPSA) is 64.0 Å². The van der Waals surface area contributed by atoms with Crippen LogP contribution in [0.2, 0.25) is 0 Å². The molecule has 0 bridgehead atoms. The molecule has 2 aromatic carbocycles. The van der Waals surface area contributed by atoms with E-state index in [4.69, 9.17) is 4.98 Å². The fourth-order valence-corrected chi connectivity index (χ4v) is 5.49. The standard InChI is InChI=1S/C25H23N3O2S/c1-16-9-5-7-13-19(16)26-21(29)15-28-23(17-10-3-2-4-11-17)27-24-22(25(28)30)18-12-6-8-14-20(18)31-24/h2-5,7,9-11,13H,6,8,12,14-15H2,1H3,(H,26,29). The van der Waals surface area contributed by atoms with Gasteiger partial charge >= 0.3 is 0 Å². The van der Waals surface area contributed by atoms with Gasteiger partial charge in [-0.15, -0.1) is 11.3 Å². The van der Waals surface area contributed by atoms with Crippen molar-refractivity contribution in [3.8, 4) is 11.4 Å². The SMILES string of the molecule is Cc1ccccc1NC(=O)Cn1c(-c2ccccc2)nc2sc3c(c2c1=O)CCCC3. The normalized spacial score (nSPS) is 13.2. The first-order valence-electron chi connectivity index (χ1n) is 10.6. The van der Waals surface area contributed by atoms with Gasteiger partial charge in [0.2, 0.25) is 5.91 Å². The van der Waals surface area contributed by atoms with E-state index < -0.39 is 0 Å². The third-order valence-corrected chi connectivity index (χ3v) is 7.01. The van der Waals surface area contributed by atoms with Crippen LogP contribution in [0.5, 0.6) is 0 Å². The summed E-state index contributed by atoms with van der Waals surface area (Å²) >= 11 is 1.63. The number of anilines is 1. The van der Waals surface area contributed by atoms with Gasteiger partial charge in [0.05, 0.1) is 5.39 Å². The number of aromatic nitrogens is 2. The number of fused-ring (bicyclic) bond motifs is 3. The molecule has 0 atom stereocenters. The fraction of sp³-hybridized carbons (Fsp3) is 0.240. The Kier molecular flexibility index (Phi) is 5.16. The zero-order valence-corrected chi connectivity index (χ0v) is 18.2. The Morgan fingerprint density at radius 1 is 1.06 bits per heavy atom. The molecule has 0 saturated carbocycles. The Hall–Kier alpha value is -3.25. The number of hydrogen-bond acceptors (Lipinski definition) is 4. The van der Waals surface area contributed by atoms with Crippen LogP contribution in [0.25, 0.3) is 21.6 Å². The number of aryl methyl sites for hydroxylation is 3. The molecule has 2 aromatic heterocycles. The van der Waals surface area contributed by atoms with Crippen molar-refractivity contribution in [1.82, 2.24) is 9.55 Å². The first kappa shape index (κ1) is 19.7. The number of para-hydroxylation sites is 1. The van der Waals surface area contributed by atoms with E-state index in [9.17, 15) is 9.59 Å². The maximum Gasteiger partial charge on any atom is 0.263 e. The molecule has 0 spiro atoms. The van der Waals surface area contributed by atoms with Crippen molar-refractivity contribution in [2.45, 2.75) is 39.2 Å². The lowest BCUT2D eigenvalue weighted by Gasteiger charge is -2.14. The zero-order valence-electron chi connectivity index (χ0n) is 17.4. The van der Waals surface area contributed by atoms with E-state index in [0.717, 1.165) is 52.9 Å². The molecule has 0 fully saturated rings. The molecule has 6 heteroatoms. The lowest BCUT2D eigenvalue weighted by molar-refractivity contribution is -0.116. The molecule has 0 radical (unpaired) electrons. The van der Waals surface area contributed by atoms with Crippen LogP contribution in [-0.4, -0.2) is 15.5 Å². The minimum absolute atomic E-state index is 0.0784. The second kappa shape index (κ2) is 8.12.